The lowest BCUT2D eigenvalue weighted by molar-refractivity contribution is -0.138. The molecule has 0 aromatic carbocycles. The minimum absolute atomic E-state index is 0.272. The Labute approximate surface area is 95.3 Å². The molecule has 0 fully saturated rings. The Morgan fingerprint density at radius 3 is 2.44 bits per heavy atom. The first kappa shape index (κ1) is 12.7. The van der Waals surface area contributed by atoms with Crippen molar-refractivity contribution < 1.29 is 9.90 Å². The first-order valence-electron chi connectivity index (χ1n) is 5.37. The Balaban J connectivity index is 3.01. The van der Waals surface area contributed by atoms with E-state index in [4.69, 9.17) is 10.8 Å². The van der Waals surface area contributed by atoms with Gasteiger partial charge in [-0.05, 0) is 33.3 Å². The molecule has 0 saturated carbocycles. The predicted molar refractivity (Wildman–Crippen MR) is 61.4 cm³/mol. The largest absolute Gasteiger partial charge is 0.480 e. The molecule has 0 aliphatic carbocycles. The smallest absolute Gasteiger partial charge is 0.320 e. The number of nitrogens with zero attached hydrogens (tertiary/aromatic N) is 2. The van der Waals surface area contributed by atoms with Crippen LogP contribution in [0.4, 0.5) is 0 Å². The molecule has 5 nitrogen and oxygen atoms in total. The quantitative estimate of drug-likeness (QED) is 0.802. The van der Waals surface area contributed by atoms with Crippen LogP contribution in [0.5, 0.6) is 0 Å². The van der Waals surface area contributed by atoms with Gasteiger partial charge >= 0.3 is 5.97 Å². The molecule has 0 radical (unpaired) electrons. The van der Waals surface area contributed by atoms with Crippen LogP contribution in [-0.2, 0) is 11.2 Å². The molecular formula is C11H19N3O2. The van der Waals surface area contributed by atoms with Gasteiger partial charge in [0.2, 0.25) is 0 Å². The summed E-state index contributed by atoms with van der Waals surface area (Å²) >= 11 is 0. The lowest BCUT2D eigenvalue weighted by Crippen LogP contribution is -2.32. The third kappa shape index (κ3) is 2.41. The highest BCUT2D eigenvalue weighted by Crippen LogP contribution is 2.18. The van der Waals surface area contributed by atoms with E-state index in [2.05, 4.69) is 5.10 Å². The first-order valence-corrected chi connectivity index (χ1v) is 5.37. The van der Waals surface area contributed by atoms with E-state index in [-0.39, 0.29) is 6.04 Å². The normalized spacial score (nSPS) is 13.1. The summed E-state index contributed by atoms with van der Waals surface area (Å²) < 4.78 is 1.90. The van der Waals surface area contributed by atoms with E-state index < -0.39 is 12.0 Å². The van der Waals surface area contributed by atoms with Gasteiger partial charge in [0.25, 0.3) is 0 Å². The number of nitrogens with two attached hydrogens (primary N) is 1. The van der Waals surface area contributed by atoms with E-state index in [1.54, 1.807) is 0 Å². The fourth-order valence-electron chi connectivity index (χ4n) is 1.80. The molecular weight excluding hydrogens is 206 g/mol. The third-order valence-electron chi connectivity index (χ3n) is 2.71. The van der Waals surface area contributed by atoms with Crippen LogP contribution in [0.2, 0.25) is 0 Å². The van der Waals surface area contributed by atoms with E-state index in [1.165, 1.54) is 0 Å². The van der Waals surface area contributed by atoms with Gasteiger partial charge in [-0.15, -0.1) is 0 Å². The molecule has 90 valence electrons. The molecule has 1 heterocycles. The molecule has 5 heteroatoms. The van der Waals surface area contributed by atoms with Crippen LogP contribution >= 0.6 is 0 Å². The number of hydrogen-bond donors (Lipinski definition) is 2. The maximum Gasteiger partial charge on any atom is 0.320 e. The molecule has 1 rings (SSSR count). The van der Waals surface area contributed by atoms with Gasteiger partial charge in [-0.3, -0.25) is 9.48 Å². The van der Waals surface area contributed by atoms with E-state index in [0.717, 1.165) is 17.0 Å². The third-order valence-corrected chi connectivity index (χ3v) is 2.71. The molecule has 1 atom stereocenters. The standard InChI is InChI=1S/C11H19N3O2/c1-6(2)14-8(4)9(7(3)13-14)5-10(12)11(15)16/h6,10H,5,12H2,1-4H3,(H,15,16). The number of aryl methyl sites for hydroxylation is 1. The lowest BCUT2D eigenvalue weighted by Gasteiger charge is -2.10. The second-order valence-corrected chi connectivity index (χ2v) is 4.34. The minimum Gasteiger partial charge on any atom is -0.480 e. The summed E-state index contributed by atoms with van der Waals surface area (Å²) in [5.41, 5.74) is 8.35. The van der Waals surface area contributed by atoms with Crippen LogP contribution < -0.4 is 5.73 Å². The first-order chi connectivity index (χ1) is 7.34. The molecule has 1 aromatic heterocycles. The van der Waals surface area contributed by atoms with Gasteiger partial charge in [-0.1, -0.05) is 0 Å². The van der Waals surface area contributed by atoms with Crippen molar-refractivity contribution in [2.75, 3.05) is 0 Å². The molecule has 3 N–H and O–H groups in total. The average Bonchev–Trinajstić information content (AvgIpc) is 2.45. The van der Waals surface area contributed by atoms with Crippen molar-refractivity contribution in [3.63, 3.8) is 0 Å². The second-order valence-electron chi connectivity index (χ2n) is 4.34. The van der Waals surface area contributed by atoms with Crippen LogP contribution in [0.3, 0.4) is 0 Å². The number of carbonyl (C=O) groups is 1. The summed E-state index contributed by atoms with van der Waals surface area (Å²) in [5, 5.41) is 13.2. The molecule has 0 spiro atoms. The zero-order valence-electron chi connectivity index (χ0n) is 10.2. The minimum atomic E-state index is -0.976. The van der Waals surface area contributed by atoms with Crippen LogP contribution in [0.25, 0.3) is 0 Å². The van der Waals surface area contributed by atoms with Gasteiger partial charge in [0.1, 0.15) is 6.04 Å². The Morgan fingerprint density at radius 1 is 1.50 bits per heavy atom. The highest BCUT2D eigenvalue weighted by atomic mass is 16.4. The highest BCUT2D eigenvalue weighted by Gasteiger charge is 2.19. The summed E-state index contributed by atoms with van der Waals surface area (Å²) in [6.45, 7) is 7.92. The number of rotatable bonds is 4. The number of hydrogen-bond acceptors (Lipinski definition) is 3. The Hall–Kier alpha value is -1.36. The summed E-state index contributed by atoms with van der Waals surface area (Å²) in [6, 6.07) is -0.587. The number of aromatic nitrogens is 2. The average molecular weight is 225 g/mol. The number of aliphatic carboxylic acids is 1. The summed E-state index contributed by atoms with van der Waals surface area (Å²) in [7, 11) is 0. The van der Waals surface area contributed by atoms with E-state index in [1.807, 2.05) is 32.4 Å². The predicted octanol–water partition coefficient (Wildman–Crippen LogP) is 1.04. The Bertz CT molecular complexity index is 396. The molecule has 1 unspecified atom stereocenters. The zero-order chi connectivity index (χ0) is 12.5. The van der Waals surface area contributed by atoms with E-state index in [9.17, 15) is 4.79 Å². The molecule has 0 saturated heterocycles. The van der Waals surface area contributed by atoms with E-state index >= 15 is 0 Å². The van der Waals surface area contributed by atoms with Crippen molar-refractivity contribution >= 4 is 5.97 Å². The topological polar surface area (TPSA) is 81.1 Å². The van der Waals surface area contributed by atoms with Crippen LogP contribution in [0, 0.1) is 13.8 Å². The lowest BCUT2D eigenvalue weighted by atomic mass is 10.0. The van der Waals surface area contributed by atoms with Crippen LogP contribution in [-0.4, -0.2) is 26.9 Å². The van der Waals surface area contributed by atoms with E-state index in [0.29, 0.717) is 6.42 Å². The maximum atomic E-state index is 10.7. The second kappa shape index (κ2) is 4.65. The van der Waals surface area contributed by atoms with Gasteiger partial charge in [-0.25, -0.2) is 0 Å². The van der Waals surface area contributed by atoms with Crippen molar-refractivity contribution in [2.45, 2.75) is 46.2 Å². The molecule has 0 amide bonds. The van der Waals surface area contributed by atoms with Gasteiger partial charge < -0.3 is 10.8 Å². The fraction of sp³-hybridized carbons (Fsp3) is 0.636. The van der Waals surface area contributed by atoms with Gasteiger partial charge in [-0.2, -0.15) is 5.10 Å². The number of carboxylic acid groups (broad SMARTS) is 1. The van der Waals surface area contributed by atoms with Crippen molar-refractivity contribution in [3.05, 3.63) is 17.0 Å². The fourth-order valence-corrected chi connectivity index (χ4v) is 1.80. The van der Waals surface area contributed by atoms with Crippen LogP contribution in [0.1, 0.15) is 36.8 Å². The monoisotopic (exact) mass is 225 g/mol. The molecule has 16 heavy (non-hydrogen) atoms. The Morgan fingerprint density at radius 2 is 2.06 bits per heavy atom. The molecule has 0 aliphatic rings. The van der Waals surface area contributed by atoms with Gasteiger partial charge in [0, 0.05) is 18.2 Å². The molecule has 1 aromatic rings. The van der Waals surface area contributed by atoms with Crippen molar-refractivity contribution in [2.24, 2.45) is 5.73 Å². The molecule has 0 aliphatic heterocycles. The molecule has 0 bridgehead atoms. The van der Waals surface area contributed by atoms with Crippen molar-refractivity contribution in [3.8, 4) is 0 Å². The zero-order valence-corrected chi connectivity index (χ0v) is 10.2. The van der Waals surface area contributed by atoms with Gasteiger partial charge in [0.15, 0.2) is 0 Å². The van der Waals surface area contributed by atoms with Crippen molar-refractivity contribution in [1.82, 2.24) is 9.78 Å². The van der Waals surface area contributed by atoms with Crippen LogP contribution in [0.15, 0.2) is 0 Å². The van der Waals surface area contributed by atoms with Crippen molar-refractivity contribution in [1.29, 1.82) is 0 Å². The highest BCUT2D eigenvalue weighted by molar-refractivity contribution is 5.73. The Kier molecular flexibility index (Phi) is 3.70. The SMILES string of the molecule is Cc1nn(C(C)C)c(C)c1CC(N)C(=O)O. The summed E-state index contributed by atoms with van der Waals surface area (Å²) in [5.74, 6) is -0.976. The summed E-state index contributed by atoms with van der Waals surface area (Å²) in [4.78, 5) is 10.7. The van der Waals surface area contributed by atoms with Gasteiger partial charge in [0.05, 0.1) is 5.69 Å². The maximum absolute atomic E-state index is 10.7. The summed E-state index contributed by atoms with van der Waals surface area (Å²) in [6.07, 6.45) is 0.333. The number of carboxylic acids is 1.